The third kappa shape index (κ3) is 1.50. The number of amides is 2. The number of rotatable bonds is 1. The minimum absolute atomic E-state index is 0.0972. The van der Waals surface area contributed by atoms with Gasteiger partial charge in [0.1, 0.15) is 0 Å². The van der Waals surface area contributed by atoms with Gasteiger partial charge >= 0.3 is 6.03 Å². The van der Waals surface area contributed by atoms with Crippen molar-refractivity contribution in [3.8, 4) is 0 Å². The van der Waals surface area contributed by atoms with Gasteiger partial charge in [-0.25, -0.2) is 4.79 Å². The molecule has 2 saturated heterocycles. The minimum Gasteiger partial charge on any atom is -0.338 e. The number of nitrogens with zero attached hydrogens (tertiary/aromatic N) is 1. The molecule has 0 aliphatic carbocycles. The lowest BCUT2D eigenvalue weighted by Crippen LogP contribution is -2.61. The number of carbonyl (C=O) groups excluding carboxylic acids is 1. The smallest absolute Gasteiger partial charge is 0.317 e. The van der Waals surface area contributed by atoms with Crippen LogP contribution in [0.5, 0.6) is 0 Å². The topological polar surface area (TPSA) is 44.4 Å². The van der Waals surface area contributed by atoms with Crippen LogP contribution in [0.1, 0.15) is 13.3 Å². The summed E-state index contributed by atoms with van der Waals surface area (Å²) in [5.41, 5.74) is 0.422. The standard InChI is InChI=1S/C9H17N3O/c1-2-11-8(13)12-6-9(7-12)3-4-10-5-9/h10H,2-7H2,1H3,(H,11,13). The molecule has 0 unspecified atom stereocenters. The molecule has 2 amide bonds. The molecule has 0 aromatic rings. The Balaban J connectivity index is 1.80. The quantitative estimate of drug-likeness (QED) is 0.601. The fourth-order valence-electron chi connectivity index (χ4n) is 2.24. The van der Waals surface area contributed by atoms with Crippen LogP contribution in [0.3, 0.4) is 0 Å². The molecule has 74 valence electrons. The molecule has 2 rings (SSSR count). The molecule has 2 N–H and O–H groups in total. The first-order valence-corrected chi connectivity index (χ1v) is 4.99. The summed E-state index contributed by atoms with van der Waals surface area (Å²) in [5.74, 6) is 0. The van der Waals surface area contributed by atoms with Crippen LogP contribution in [0.15, 0.2) is 0 Å². The normalized spacial score (nSPS) is 24.5. The molecule has 0 radical (unpaired) electrons. The number of hydrogen-bond donors (Lipinski definition) is 2. The summed E-state index contributed by atoms with van der Waals surface area (Å²) in [6.07, 6.45) is 1.23. The summed E-state index contributed by atoms with van der Waals surface area (Å²) in [6.45, 7) is 6.75. The maximum atomic E-state index is 11.4. The van der Waals surface area contributed by atoms with Gasteiger partial charge in [0, 0.05) is 31.6 Å². The van der Waals surface area contributed by atoms with Crippen molar-refractivity contribution < 1.29 is 4.79 Å². The third-order valence-corrected chi connectivity index (χ3v) is 3.00. The van der Waals surface area contributed by atoms with E-state index in [0.29, 0.717) is 5.41 Å². The summed E-state index contributed by atoms with van der Waals surface area (Å²) in [6, 6.07) is 0.0972. The third-order valence-electron chi connectivity index (χ3n) is 3.00. The monoisotopic (exact) mass is 183 g/mol. The van der Waals surface area contributed by atoms with E-state index in [-0.39, 0.29) is 6.03 Å². The summed E-state index contributed by atoms with van der Waals surface area (Å²) in [5, 5.41) is 6.17. The Morgan fingerprint density at radius 2 is 2.38 bits per heavy atom. The molecule has 4 nitrogen and oxygen atoms in total. The van der Waals surface area contributed by atoms with Crippen LogP contribution in [0.2, 0.25) is 0 Å². The first kappa shape index (κ1) is 8.81. The molecule has 4 heteroatoms. The lowest BCUT2D eigenvalue weighted by atomic mass is 9.79. The molecular formula is C9H17N3O. The number of nitrogens with one attached hydrogen (secondary N) is 2. The van der Waals surface area contributed by atoms with E-state index in [4.69, 9.17) is 0 Å². The lowest BCUT2D eigenvalue weighted by molar-refractivity contribution is 0.0481. The van der Waals surface area contributed by atoms with Crippen LogP contribution in [0.25, 0.3) is 0 Å². The molecule has 2 aliphatic heterocycles. The molecule has 2 aliphatic rings. The van der Waals surface area contributed by atoms with E-state index in [0.717, 1.165) is 32.7 Å². The zero-order chi connectivity index (χ0) is 9.31. The van der Waals surface area contributed by atoms with Crippen LogP contribution < -0.4 is 10.6 Å². The predicted octanol–water partition coefficient (Wildman–Crippen LogP) is 0.0112. The highest BCUT2D eigenvalue weighted by molar-refractivity contribution is 5.75. The van der Waals surface area contributed by atoms with Crippen molar-refractivity contribution in [3.63, 3.8) is 0 Å². The van der Waals surface area contributed by atoms with Crippen molar-refractivity contribution in [2.75, 3.05) is 32.7 Å². The summed E-state index contributed by atoms with van der Waals surface area (Å²) in [4.78, 5) is 13.3. The van der Waals surface area contributed by atoms with Gasteiger partial charge in [-0.1, -0.05) is 0 Å². The van der Waals surface area contributed by atoms with Crippen molar-refractivity contribution in [1.82, 2.24) is 15.5 Å². The van der Waals surface area contributed by atoms with Gasteiger partial charge in [0.15, 0.2) is 0 Å². The second kappa shape index (κ2) is 3.18. The van der Waals surface area contributed by atoms with Gasteiger partial charge in [-0.05, 0) is 19.9 Å². The molecule has 0 aromatic heterocycles. The fourth-order valence-corrected chi connectivity index (χ4v) is 2.24. The van der Waals surface area contributed by atoms with Crippen LogP contribution in [-0.2, 0) is 0 Å². The van der Waals surface area contributed by atoms with E-state index in [1.807, 2.05) is 11.8 Å². The van der Waals surface area contributed by atoms with Gasteiger partial charge in [0.2, 0.25) is 0 Å². The number of likely N-dealkylation sites (tertiary alicyclic amines) is 1. The van der Waals surface area contributed by atoms with Crippen LogP contribution >= 0.6 is 0 Å². The van der Waals surface area contributed by atoms with Gasteiger partial charge < -0.3 is 15.5 Å². The first-order chi connectivity index (χ1) is 6.26. The largest absolute Gasteiger partial charge is 0.338 e. The minimum atomic E-state index is 0.0972. The van der Waals surface area contributed by atoms with Crippen molar-refractivity contribution in [2.24, 2.45) is 5.41 Å². The van der Waals surface area contributed by atoms with Crippen molar-refractivity contribution in [3.05, 3.63) is 0 Å². The van der Waals surface area contributed by atoms with Gasteiger partial charge in [0.05, 0.1) is 0 Å². The summed E-state index contributed by atoms with van der Waals surface area (Å²) < 4.78 is 0. The van der Waals surface area contributed by atoms with Crippen LogP contribution in [-0.4, -0.2) is 43.7 Å². The Kier molecular flexibility index (Phi) is 2.15. The second-order valence-electron chi connectivity index (χ2n) is 4.12. The molecule has 1 spiro atoms. The molecular weight excluding hydrogens is 166 g/mol. The molecule has 0 aromatic carbocycles. The van der Waals surface area contributed by atoms with Gasteiger partial charge in [-0.15, -0.1) is 0 Å². The summed E-state index contributed by atoms with van der Waals surface area (Å²) >= 11 is 0. The Hall–Kier alpha value is -0.770. The molecule has 0 saturated carbocycles. The van der Waals surface area contributed by atoms with E-state index in [9.17, 15) is 4.79 Å². The Morgan fingerprint density at radius 3 is 2.92 bits per heavy atom. The number of carbonyl (C=O) groups is 1. The fraction of sp³-hybridized carbons (Fsp3) is 0.889. The Labute approximate surface area is 78.7 Å². The van der Waals surface area contributed by atoms with Gasteiger partial charge in [0.25, 0.3) is 0 Å². The first-order valence-electron chi connectivity index (χ1n) is 4.99. The molecule has 0 bridgehead atoms. The Morgan fingerprint density at radius 1 is 1.62 bits per heavy atom. The maximum absolute atomic E-state index is 11.4. The lowest BCUT2D eigenvalue weighted by Gasteiger charge is -2.47. The average molecular weight is 183 g/mol. The van der Waals surface area contributed by atoms with E-state index < -0.39 is 0 Å². The van der Waals surface area contributed by atoms with Gasteiger partial charge in [-0.3, -0.25) is 0 Å². The van der Waals surface area contributed by atoms with Crippen molar-refractivity contribution in [1.29, 1.82) is 0 Å². The van der Waals surface area contributed by atoms with Crippen molar-refractivity contribution >= 4 is 6.03 Å². The summed E-state index contributed by atoms with van der Waals surface area (Å²) in [7, 11) is 0. The maximum Gasteiger partial charge on any atom is 0.317 e. The average Bonchev–Trinajstić information content (AvgIpc) is 2.49. The van der Waals surface area contributed by atoms with Gasteiger partial charge in [-0.2, -0.15) is 0 Å². The molecule has 0 atom stereocenters. The van der Waals surface area contributed by atoms with E-state index >= 15 is 0 Å². The zero-order valence-electron chi connectivity index (χ0n) is 8.10. The van der Waals surface area contributed by atoms with E-state index in [1.165, 1.54) is 6.42 Å². The molecule has 2 fully saturated rings. The molecule has 2 heterocycles. The highest BCUT2D eigenvalue weighted by Crippen LogP contribution is 2.35. The Bertz CT molecular complexity index is 203. The van der Waals surface area contributed by atoms with Crippen LogP contribution in [0.4, 0.5) is 4.79 Å². The molecule has 13 heavy (non-hydrogen) atoms. The zero-order valence-corrected chi connectivity index (χ0v) is 8.10. The number of hydrogen-bond acceptors (Lipinski definition) is 2. The SMILES string of the molecule is CCNC(=O)N1CC2(CCNC2)C1. The predicted molar refractivity (Wildman–Crippen MR) is 50.6 cm³/mol. The van der Waals surface area contributed by atoms with Crippen LogP contribution in [0, 0.1) is 5.41 Å². The highest BCUT2D eigenvalue weighted by Gasteiger charge is 2.46. The van der Waals surface area contributed by atoms with E-state index in [2.05, 4.69) is 10.6 Å². The second-order valence-corrected chi connectivity index (χ2v) is 4.12. The number of urea groups is 1. The van der Waals surface area contributed by atoms with Crippen molar-refractivity contribution in [2.45, 2.75) is 13.3 Å². The highest BCUT2D eigenvalue weighted by atomic mass is 16.2. The van der Waals surface area contributed by atoms with E-state index in [1.54, 1.807) is 0 Å².